The van der Waals surface area contributed by atoms with Crippen molar-refractivity contribution in [2.24, 2.45) is 0 Å². The van der Waals surface area contributed by atoms with Gasteiger partial charge in [0.05, 0.1) is 6.54 Å². The summed E-state index contributed by atoms with van der Waals surface area (Å²) < 4.78 is 2.19. The number of fused-ring (bicyclic) bond motifs is 1. The van der Waals surface area contributed by atoms with E-state index < -0.39 is 11.5 Å². The first kappa shape index (κ1) is 14.5. The normalized spacial score (nSPS) is 26.0. The summed E-state index contributed by atoms with van der Waals surface area (Å²) in [4.78, 5) is 14.0. The molecule has 1 unspecified atom stereocenters. The first-order chi connectivity index (χ1) is 10.2. The second-order valence-corrected chi connectivity index (χ2v) is 6.25. The number of likely N-dealkylation sites (tertiary alicyclic amines) is 1. The third-order valence-corrected chi connectivity index (χ3v) is 4.95. The SMILES string of the molecule is CCCC1(C(=O)O)CCCN1Cc1nnc2n1CCCC2. The second kappa shape index (κ2) is 5.75. The third kappa shape index (κ3) is 2.46. The Kier molecular flexibility index (Phi) is 3.97. The summed E-state index contributed by atoms with van der Waals surface area (Å²) >= 11 is 0. The van der Waals surface area contributed by atoms with Crippen LogP contribution in [0, 0.1) is 0 Å². The number of hydrogen-bond donors (Lipinski definition) is 1. The Balaban J connectivity index is 1.83. The molecule has 6 nitrogen and oxygen atoms in total. The number of aromatic nitrogens is 3. The highest BCUT2D eigenvalue weighted by Crippen LogP contribution is 2.35. The van der Waals surface area contributed by atoms with Crippen LogP contribution < -0.4 is 0 Å². The minimum atomic E-state index is -0.699. The molecule has 0 amide bonds. The number of carboxylic acid groups (broad SMARTS) is 1. The van der Waals surface area contributed by atoms with E-state index in [1.165, 1.54) is 6.42 Å². The fraction of sp³-hybridized carbons (Fsp3) is 0.800. The van der Waals surface area contributed by atoms with E-state index >= 15 is 0 Å². The molecule has 1 aromatic rings. The molecule has 0 saturated carbocycles. The van der Waals surface area contributed by atoms with E-state index in [9.17, 15) is 9.90 Å². The van der Waals surface area contributed by atoms with Crippen molar-refractivity contribution in [1.29, 1.82) is 0 Å². The van der Waals surface area contributed by atoms with Crippen LogP contribution in [0.1, 0.15) is 57.1 Å². The molecule has 3 rings (SSSR count). The molecule has 1 fully saturated rings. The van der Waals surface area contributed by atoms with Crippen LogP contribution in [0.25, 0.3) is 0 Å². The van der Waals surface area contributed by atoms with Gasteiger partial charge in [0, 0.05) is 13.0 Å². The van der Waals surface area contributed by atoms with Crippen molar-refractivity contribution < 1.29 is 9.90 Å². The Morgan fingerprint density at radius 1 is 1.29 bits per heavy atom. The number of nitrogens with zero attached hydrogens (tertiary/aromatic N) is 4. The van der Waals surface area contributed by atoms with Crippen LogP contribution >= 0.6 is 0 Å². The van der Waals surface area contributed by atoms with Crippen LogP contribution in [-0.2, 0) is 24.3 Å². The molecular formula is C15H24N4O2. The number of rotatable bonds is 5. The van der Waals surface area contributed by atoms with Crippen LogP contribution in [0.4, 0.5) is 0 Å². The van der Waals surface area contributed by atoms with Gasteiger partial charge in [-0.15, -0.1) is 10.2 Å². The predicted octanol–water partition coefficient (Wildman–Crippen LogP) is 1.83. The maximum Gasteiger partial charge on any atom is 0.324 e. The van der Waals surface area contributed by atoms with Gasteiger partial charge < -0.3 is 9.67 Å². The lowest BCUT2D eigenvalue weighted by molar-refractivity contribution is -0.150. The molecule has 0 bridgehead atoms. The molecule has 6 heteroatoms. The zero-order chi connectivity index (χ0) is 14.9. The van der Waals surface area contributed by atoms with E-state index in [-0.39, 0.29) is 0 Å². The van der Waals surface area contributed by atoms with Crippen molar-refractivity contribution in [3.8, 4) is 0 Å². The molecule has 0 aliphatic carbocycles. The molecule has 1 atom stereocenters. The zero-order valence-corrected chi connectivity index (χ0v) is 12.7. The quantitative estimate of drug-likeness (QED) is 0.896. The molecular weight excluding hydrogens is 268 g/mol. The van der Waals surface area contributed by atoms with E-state index in [0.29, 0.717) is 13.0 Å². The summed E-state index contributed by atoms with van der Waals surface area (Å²) in [6.45, 7) is 4.48. The molecule has 0 spiro atoms. The molecule has 2 aliphatic rings. The van der Waals surface area contributed by atoms with Gasteiger partial charge in [-0.25, -0.2) is 0 Å². The summed E-state index contributed by atoms with van der Waals surface area (Å²) in [6, 6.07) is 0. The first-order valence-corrected chi connectivity index (χ1v) is 8.07. The lowest BCUT2D eigenvalue weighted by atomic mass is 9.90. The van der Waals surface area contributed by atoms with Crippen LogP contribution in [0.5, 0.6) is 0 Å². The lowest BCUT2D eigenvalue weighted by Gasteiger charge is -2.34. The summed E-state index contributed by atoms with van der Waals surface area (Å²) in [5.41, 5.74) is -0.699. The maximum atomic E-state index is 11.9. The van der Waals surface area contributed by atoms with Crippen molar-refractivity contribution in [2.45, 2.75) is 70.5 Å². The Labute approximate surface area is 125 Å². The van der Waals surface area contributed by atoms with Crippen LogP contribution in [-0.4, -0.2) is 42.8 Å². The molecule has 1 aromatic heterocycles. The fourth-order valence-electron chi connectivity index (χ4n) is 3.87. The van der Waals surface area contributed by atoms with Crippen molar-refractivity contribution in [3.05, 3.63) is 11.6 Å². The van der Waals surface area contributed by atoms with Gasteiger partial charge in [-0.3, -0.25) is 9.69 Å². The monoisotopic (exact) mass is 292 g/mol. The maximum absolute atomic E-state index is 11.9. The predicted molar refractivity (Wildman–Crippen MR) is 77.9 cm³/mol. The third-order valence-electron chi connectivity index (χ3n) is 4.95. The summed E-state index contributed by atoms with van der Waals surface area (Å²) in [7, 11) is 0. The largest absolute Gasteiger partial charge is 0.480 e. The standard InChI is InChI=1S/C15H24N4O2/c1-2-7-15(14(20)21)8-5-9-18(15)11-13-17-16-12-6-3-4-10-19(12)13/h2-11H2,1H3,(H,20,21). The van der Waals surface area contributed by atoms with E-state index in [0.717, 1.165) is 56.8 Å². The summed E-state index contributed by atoms with van der Waals surface area (Å²) in [5.74, 6) is 1.32. The first-order valence-electron chi connectivity index (χ1n) is 8.07. The van der Waals surface area contributed by atoms with E-state index in [1.807, 2.05) is 0 Å². The number of aryl methyl sites for hydroxylation is 1. The van der Waals surface area contributed by atoms with Crippen LogP contribution in [0.15, 0.2) is 0 Å². The minimum Gasteiger partial charge on any atom is -0.480 e. The van der Waals surface area contributed by atoms with Gasteiger partial charge in [0.15, 0.2) is 0 Å². The van der Waals surface area contributed by atoms with Crippen molar-refractivity contribution in [3.63, 3.8) is 0 Å². The highest BCUT2D eigenvalue weighted by Gasteiger charge is 2.47. The summed E-state index contributed by atoms with van der Waals surface area (Å²) in [6.07, 6.45) is 6.63. The molecule has 1 N–H and O–H groups in total. The minimum absolute atomic E-state index is 0.610. The highest BCUT2D eigenvalue weighted by molar-refractivity contribution is 5.79. The molecule has 2 aliphatic heterocycles. The van der Waals surface area contributed by atoms with Gasteiger partial charge in [0.2, 0.25) is 0 Å². The average Bonchev–Trinajstić information content (AvgIpc) is 3.06. The van der Waals surface area contributed by atoms with Gasteiger partial charge in [0.25, 0.3) is 0 Å². The van der Waals surface area contributed by atoms with Gasteiger partial charge in [-0.2, -0.15) is 0 Å². The number of aliphatic carboxylic acids is 1. The number of carbonyl (C=O) groups is 1. The lowest BCUT2D eigenvalue weighted by Crippen LogP contribution is -2.50. The topological polar surface area (TPSA) is 71.2 Å². The van der Waals surface area contributed by atoms with Crippen molar-refractivity contribution in [1.82, 2.24) is 19.7 Å². The summed E-state index contributed by atoms with van der Waals surface area (Å²) in [5, 5.41) is 18.3. The molecule has 0 radical (unpaired) electrons. The average molecular weight is 292 g/mol. The molecule has 3 heterocycles. The van der Waals surface area contributed by atoms with Gasteiger partial charge in [-0.1, -0.05) is 13.3 Å². The smallest absolute Gasteiger partial charge is 0.324 e. The van der Waals surface area contributed by atoms with Gasteiger partial charge in [-0.05, 0) is 38.6 Å². The molecule has 0 aromatic carbocycles. The van der Waals surface area contributed by atoms with E-state index in [4.69, 9.17) is 0 Å². The molecule has 116 valence electrons. The molecule has 21 heavy (non-hydrogen) atoms. The Morgan fingerprint density at radius 3 is 2.90 bits per heavy atom. The zero-order valence-electron chi connectivity index (χ0n) is 12.7. The van der Waals surface area contributed by atoms with Crippen molar-refractivity contribution >= 4 is 5.97 Å². The van der Waals surface area contributed by atoms with E-state index in [2.05, 4.69) is 26.6 Å². The van der Waals surface area contributed by atoms with Crippen molar-refractivity contribution in [2.75, 3.05) is 6.54 Å². The second-order valence-electron chi connectivity index (χ2n) is 6.25. The Hall–Kier alpha value is -1.43. The van der Waals surface area contributed by atoms with E-state index in [1.54, 1.807) is 0 Å². The molecule has 1 saturated heterocycles. The number of carboxylic acids is 1. The van der Waals surface area contributed by atoms with Crippen LogP contribution in [0.2, 0.25) is 0 Å². The van der Waals surface area contributed by atoms with Gasteiger partial charge >= 0.3 is 5.97 Å². The Bertz CT molecular complexity index is 528. The number of hydrogen-bond acceptors (Lipinski definition) is 4. The van der Waals surface area contributed by atoms with Crippen LogP contribution in [0.3, 0.4) is 0 Å². The fourth-order valence-corrected chi connectivity index (χ4v) is 3.87. The van der Waals surface area contributed by atoms with Gasteiger partial charge in [0.1, 0.15) is 17.2 Å². The highest BCUT2D eigenvalue weighted by atomic mass is 16.4. The Morgan fingerprint density at radius 2 is 2.14 bits per heavy atom.